The van der Waals surface area contributed by atoms with Crippen molar-refractivity contribution in [2.75, 3.05) is 5.32 Å². The van der Waals surface area contributed by atoms with Crippen LogP contribution in [0, 0.1) is 0 Å². The molecule has 0 saturated heterocycles. The highest BCUT2D eigenvalue weighted by molar-refractivity contribution is 5.96. The summed E-state index contributed by atoms with van der Waals surface area (Å²) in [4.78, 5) is 27.7. The van der Waals surface area contributed by atoms with Crippen LogP contribution in [-0.2, 0) is 11.2 Å². The lowest BCUT2D eigenvalue weighted by molar-refractivity contribution is -0.138. The maximum absolute atomic E-state index is 12.2. The van der Waals surface area contributed by atoms with Crippen LogP contribution in [0.15, 0.2) is 77.2 Å². The molecule has 7 heteroatoms. The summed E-state index contributed by atoms with van der Waals surface area (Å²) >= 11 is 0. The molecule has 0 bridgehead atoms. The molecule has 0 aliphatic rings. The second kappa shape index (κ2) is 10.9. The Labute approximate surface area is 204 Å². The Balaban J connectivity index is 1.40. The molecule has 1 aromatic heterocycles. The normalized spacial score (nSPS) is 12.7. The summed E-state index contributed by atoms with van der Waals surface area (Å²) in [6, 6.07) is 22.4. The van der Waals surface area contributed by atoms with E-state index in [1.54, 1.807) is 12.1 Å². The van der Waals surface area contributed by atoms with E-state index in [1.165, 1.54) is 12.5 Å². The second-order valence-corrected chi connectivity index (χ2v) is 8.63. The number of carbonyl (C=O) groups is 2. The Hall–Kier alpha value is -4.13. The quantitative estimate of drug-likeness (QED) is 0.281. The van der Waals surface area contributed by atoms with E-state index >= 15 is 0 Å². The molecule has 0 aliphatic heterocycles. The summed E-state index contributed by atoms with van der Waals surface area (Å²) < 4.78 is 5.87. The summed E-state index contributed by atoms with van der Waals surface area (Å²) in [5.41, 5.74) is 5.10. The van der Waals surface area contributed by atoms with Crippen molar-refractivity contribution in [1.82, 2.24) is 10.3 Å². The first kappa shape index (κ1) is 24.0. The molecule has 2 atom stereocenters. The van der Waals surface area contributed by atoms with Gasteiger partial charge in [0.1, 0.15) is 11.6 Å². The van der Waals surface area contributed by atoms with E-state index in [9.17, 15) is 9.59 Å². The van der Waals surface area contributed by atoms with Gasteiger partial charge in [-0.2, -0.15) is 0 Å². The summed E-state index contributed by atoms with van der Waals surface area (Å²) in [5.74, 6) is -0.862. The number of nitrogens with zero attached hydrogens (tertiary/aromatic N) is 1. The molecule has 0 spiro atoms. The number of oxazole rings is 1. The largest absolute Gasteiger partial charge is 0.480 e. The maximum atomic E-state index is 12.2. The third kappa shape index (κ3) is 6.06. The smallest absolute Gasteiger partial charge is 0.325 e. The van der Waals surface area contributed by atoms with Crippen molar-refractivity contribution in [2.24, 2.45) is 0 Å². The highest BCUT2D eigenvalue weighted by Crippen LogP contribution is 2.25. The molecule has 3 aromatic carbocycles. The van der Waals surface area contributed by atoms with E-state index in [1.807, 2.05) is 48.5 Å². The molecule has 4 rings (SSSR count). The SMILES string of the molecule is CCCC(Cc1ccc(-c2nc3ccccc3o2)cc1)Nc1ccc(C(=O)N[C@@H](C)C(=O)O)cc1. The molecule has 4 aromatic rings. The predicted octanol–water partition coefficient (Wildman–Crippen LogP) is 5.52. The first-order valence-electron chi connectivity index (χ1n) is 11.8. The van der Waals surface area contributed by atoms with Gasteiger partial charge in [-0.3, -0.25) is 9.59 Å². The molecule has 3 N–H and O–H groups in total. The second-order valence-electron chi connectivity index (χ2n) is 8.63. The Morgan fingerprint density at radius 2 is 1.71 bits per heavy atom. The van der Waals surface area contributed by atoms with Gasteiger partial charge in [0.25, 0.3) is 5.91 Å². The molecule has 0 fully saturated rings. The number of carbonyl (C=O) groups excluding carboxylic acids is 1. The molecule has 180 valence electrons. The van der Waals surface area contributed by atoms with Gasteiger partial charge in [-0.05, 0) is 73.9 Å². The summed E-state index contributed by atoms with van der Waals surface area (Å²) in [5, 5.41) is 15.0. The van der Waals surface area contributed by atoms with Gasteiger partial charge in [0.2, 0.25) is 5.89 Å². The Bertz CT molecular complexity index is 1260. The zero-order valence-electron chi connectivity index (χ0n) is 19.8. The average molecular weight is 472 g/mol. The predicted molar refractivity (Wildman–Crippen MR) is 136 cm³/mol. The van der Waals surface area contributed by atoms with E-state index in [0.717, 1.165) is 41.6 Å². The molecule has 1 heterocycles. The number of anilines is 1. The maximum Gasteiger partial charge on any atom is 0.325 e. The van der Waals surface area contributed by atoms with Crippen molar-refractivity contribution in [3.05, 3.63) is 83.9 Å². The molecule has 35 heavy (non-hydrogen) atoms. The van der Waals surface area contributed by atoms with Crippen LogP contribution in [0.1, 0.15) is 42.6 Å². The van der Waals surface area contributed by atoms with E-state index in [4.69, 9.17) is 9.52 Å². The molecule has 1 amide bonds. The van der Waals surface area contributed by atoms with Crippen molar-refractivity contribution < 1.29 is 19.1 Å². The van der Waals surface area contributed by atoms with Gasteiger partial charge in [-0.15, -0.1) is 0 Å². The lowest BCUT2D eigenvalue weighted by atomic mass is 10.0. The number of aliphatic carboxylic acids is 1. The monoisotopic (exact) mass is 471 g/mol. The summed E-state index contributed by atoms with van der Waals surface area (Å²) in [7, 11) is 0. The minimum atomic E-state index is -1.07. The van der Waals surface area contributed by atoms with Gasteiger partial charge < -0.3 is 20.2 Å². The number of carboxylic acids is 1. The Morgan fingerprint density at radius 1 is 1.00 bits per heavy atom. The van der Waals surface area contributed by atoms with Gasteiger partial charge in [0.15, 0.2) is 5.58 Å². The number of hydrogen-bond donors (Lipinski definition) is 3. The number of fused-ring (bicyclic) bond motifs is 1. The van der Waals surface area contributed by atoms with E-state index in [2.05, 4.69) is 34.7 Å². The van der Waals surface area contributed by atoms with Crippen LogP contribution < -0.4 is 10.6 Å². The first-order chi connectivity index (χ1) is 16.9. The minimum Gasteiger partial charge on any atom is -0.480 e. The van der Waals surface area contributed by atoms with Crippen LogP contribution in [0.2, 0.25) is 0 Å². The molecular formula is C28H29N3O4. The number of benzene rings is 3. The molecule has 0 aliphatic carbocycles. The highest BCUT2D eigenvalue weighted by Gasteiger charge is 2.16. The third-order valence-corrected chi connectivity index (χ3v) is 5.85. The summed E-state index contributed by atoms with van der Waals surface area (Å²) in [6.07, 6.45) is 2.87. The Kier molecular flexibility index (Phi) is 7.45. The number of amides is 1. The molecule has 7 nitrogen and oxygen atoms in total. The lowest BCUT2D eigenvalue weighted by Gasteiger charge is -2.20. The van der Waals surface area contributed by atoms with Crippen LogP contribution in [0.3, 0.4) is 0 Å². The standard InChI is InChI=1S/C28H29N3O4/c1-3-6-23(30-22-15-13-20(14-16-22)26(32)29-18(2)28(33)34)17-19-9-11-21(12-10-19)27-31-24-7-4-5-8-25(24)35-27/h4-5,7-16,18,23,30H,3,6,17H2,1-2H3,(H,29,32)(H,33,34)/t18-,23?/m0/s1. The molecular weight excluding hydrogens is 442 g/mol. The Morgan fingerprint density at radius 3 is 2.37 bits per heavy atom. The van der Waals surface area contributed by atoms with Gasteiger partial charge in [0.05, 0.1) is 0 Å². The highest BCUT2D eigenvalue weighted by atomic mass is 16.4. The third-order valence-electron chi connectivity index (χ3n) is 5.85. The number of carboxylic acid groups (broad SMARTS) is 1. The van der Waals surface area contributed by atoms with Crippen molar-refractivity contribution in [3.8, 4) is 11.5 Å². The number of para-hydroxylation sites is 2. The van der Waals surface area contributed by atoms with Crippen molar-refractivity contribution in [3.63, 3.8) is 0 Å². The fourth-order valence-electron chi connectivity index (χ4n) is 3.93. The van der Waals surface area contributed by atoms with Gasteiger partial charge in [0, 0.05) is 22.9 Å². The van der Waals surface area contributed by atoms with Crippen LogP contribution in [0.5, 0.6) is 0 Å². The van der Waals surface area contributed by atoms with Crippen LogP contribution in [0.25, 0.3) is 22.6 Å². The fourth-order valence-corrected chi connectivity index (χ4v) is 3.93. The van der Waals surface area contributed by atoms with E-state index in [0.29, 0.717) is 11.5 Å². The zero-order chi connectivity index (χ0) is 24.8. The summed E-state index contributed by atoms with van der Waals surface area (Å²) in [6.45, 7) is 3.59. The van der Waals surface area contributed by atoms with E-state index in [-0.39, 0.29) is 6.04 Å². The minimum absolute atomic E-state index is 0.224. The molecule has 0 radical (unpaired) electrons. The van der Waals surface area contributed by atoms with Crippen molar-refractivity contribution in [1.29, 1.82) is 0 Å². The number of hydrogen-bond acceptors (Lipinski definition) is 5. The number of aromatic nitrogens is 1. The first-order valence-corrected chi connectivity index (χ1v) is 11.8. The van der Waals surface area contributed by atoms with Crippen LogP contribution in [-0.4, -0.2) is 34.1 Å². The van der Waals surface area contributed by atoms with Crippen LogP contribution in [0.4, 0.5) is 5.69 Å². The number of rotatable bonds is 10. The average Bonchev–Trinajstić information content (AvgIpc) is 3.29. The fraction of sp³-hybridized carbons (Fsp3) is 0.250. The van der Waals surface area contributed by atoms with Crippen LogP contribution >= 0.6 is 0 Å². The zero-order valence-corrected chi connectivity index (χ0v) is 19.8. The number of nitrogens with one attached hydrogen (secondary N) is 2. The van der Waals surface area contributed by atoms with Crippen molar-refractivity contribution in [2.45, 2.75) is 45.2 Å². The van der Waals surface area contributed by atoms with Gasteiger partial charge >= 0.3 is 5.97 Å². The van der Waals surface area contributed by atoms with E-state index < -0.39 is 17.9 Å². The van der Waals surface area contributed by atoms with Crippen molar-refractivity contribution >= 4 is 28.7 Å². The topological polar surface area (TPSA) is 104 Å². The molecule has 0 saturated carbocycles. The lowest BCUT2D eigenvalue weighted by Crippen LogP contribution is -2.38. The van der Waals surface area contributed by atoms with Gasteiger partial charge in [-0.25, -0.2) is 4.98 Å². The molecule has 1 unspecified atom stereocenters. The van der Waals surface area contributed by atoms with Gasteiger partial charge in [-0.1, -0.05) is 37.6 Å².